The van der Waals surface area contributed by atoms with E-state index in [1.165, 1.54) is 12.7 Å². The van der Waals surface area contributed by atoms with Crippen molar-refractivity contribution in [2.75, 3.05) is 7.11 Å². The highest BCUT2D eigenvalue weighted by Crippen LogP contribution is 2.62. The fourth-order valence-electron chi connectivity index (χ4n) is 5.69. The van der Waals surface area contributed by atoms with Crippen LogP contribution in [0.3, 0.4) is 0 Å². The molecule has 0 spiro atoms. The number of aldehydes is 1. The number of methoxy groups -OCH3 is 1. The summed E-state index contributed by atoms with van der Waals surface area (Å²) in [7, 11) is 1.51. The number of fused-ring (bicyclic) bond motifs is 1. The molecule has 2 saturated carbocycles. The summed E-state index contributed by atoms with van der Waals surface area (Å²) < 4.78 is 5.18. The van der Waals surface area contributed by atoms with Gasteiger partial charge >= 0.3 is 5.97 Å². The normalized spacial score (nSPS) is 37.4. The highest BCUT2D eigenvalue weighted by molar-refractivity contribution is 5.77. The van der Waals surface area contributed by atoms with Crippen molar-refractivity contribution in [3.8, 4) is 0 Å². The second kappa shape index (κ2) is 7.41. The third-order valence-electron chi connectivity index (χ3n) is 7.12. The topological polar surface area (TPSA) is 43.4 Å². The molecule has 3 heteroatoms. The Labute approximate surface area is 147 Å². The minimum atomic E-state index is -0.366. The van der Waals surface area contributed by atoms with Gasteiger partial charge in [0.25, 0.3) is 0 Å². The summed E-state index contributed by atoms with van der Waals surface area (Å²) in [5.41, 5.74) is 1.10. The van der Waals surface area contributed by atoms with E-state index in [2.05, 4.69) is 27.4 Å². The molecule has 5 atom stereocenters. The van der Waals surface area contributed by atoms with Crippen LogP contribution in [0.25, 0.3) is 0 Å². The van der Waals surface area contributed by atoms with Crippen LogP contribution in [0.15, 0.2) is 12.2 Å². The maximum absolute atomic E-state index is 12.5. The molecule has 3 nitrogen and oxygen atoms in total. The fourth-order valence-corrected chi connectivity index (χ4v) is 5.69. The Morgan fingerprint density at radius 3 is 2.75 bits per heavy atom. The summed E-state index contributed by atoms with van der Waals surface area (Å²) in [5, 5.41) is 0. The predicted octanol–water partition coefficient (Wildman–Crippen LogP) is 4.94. The average molecular weight is 335 g/mol. The first-order valence-corrected chi connectivity index (χ1v) is 9.49. The summed E-state index contributed by atoms with van der Waals surface area (Å²) in [4.78, 5) is 23.3. The van der Waals surface area contributed by atoms with Gasteiger partial charge in [0.2, 0.25) is 0 Å². The average Bonchev–Trinajstić information content (AvgIpc) is 2.53. The van der Waals surface area contributed by atoms with E-state index in [0.29, 0.717) is 24.2 Å². The lowest BCUT2D eigenvalue weighted by Crippen LogP contribution is -2.53. The van der Waals surface area contributed by atoms with Crippen molar-refractivity contribution in [1.82, 2.24) is 0 Å². The second-order valence-corrected chi connectivity index (χ2v) is 8.66. The first-order chi connectivity index (χ1) is 11.3. The van der Waals surface area contributed by atoms with Crippen molar-refractivity contribution < 1.29 is 14.3 Å². The van der Waals surface area contributed by atoms with Gasteiger partial charge in [0.05, 0.1) is 12.5 Å². The van der Waals surface area contributed by atoms with E-state index in [1.54, 1.807) is 0 Å². The van der Waals surface area contributed by atoms with E-state index in [-0.39, 0.29) is 16.8 Å². The van der Waals surface area contributed by atoms with Gasteiger partial charge in [-0.05, 0) is 68.6 Å². The van der Waals surface area contributed by atoms with Gasteiger partial charge < -0.3 is 9.53 Å². The monoisotopic (exact) mass is 334 g/mol. The molecule has 0 aromatic heterocycles. The van der Waals surface area contributed by atoms with Crippen molar-refractivity contribution in [3.63, 3.8) is 0 Å². The third kappa shape index (κ3) is 3.32. The zero-order valence-electron chi connectivity index (χ0n) is 15.9. The number of carbonyl (C=O) groups is 2. The molecule has 0 saturated heterocycles. The highest BCUT2D eigenvalue weighted by Gasteiger charge is 2.57. The zero-order chi connectivity index (χ0) is 18.0. The van der Waals surface area contributed by atoms with Gasteiger partial charge in [0.1, 0.15) is 6.29 Å². The maximum atomic E-state index is 12.5. The van der Waals surface area contributed by atoms with Crippen molar-refractivity contribution >= 4 is 12.3 Å². The third-order valence-corrected chi connectivity index (χ3v) is 7.12. The molecule has 2 fully saturated rings. The Hall–Kier alpha value is -1.12. The molecule has 0 aromatic carbocycles. The molecule has 0 aromatic rings. The summed E-state index contributed by atoms with van der Waals surface area (Å²) in [6.07, 6.45) is 9.03. The van der Waals surface area contributed by atoms with Crippen LogP contribution in [-0.2, 0) is 14.3 Å². The van der Waals surface area contributed by atoms with Crippen LogP contribution in [0, 0.1) is 28.6 Å². The molecule has 0 bridgehead atoms. The van der Waals surface area contributed by atoms with E-state index >= 15 is 0 Å². The van der Waals surface area contributed by atoms with Crippen molar-refractivity contribution in [3.05, 3.63) is 12.2 Å². The van der Waals surface area contributed by atoms with Gasteiger partial charge in [-0.25, -0.2) is 0 Å². The van der Waals surface area contributed by atoms with Crippen LogP contribution >= 0.6 is 0 Å². The number of hydrogen-bond acceptors (Lipinski definition) is 3. The van der Waals surface area contributed by atoms with Gasteiger partial charge in [-0.3, -0.25) is 4.79 Å². The van der Waals surface area contributed by atoms with Crippen LogP contribution in [0.4, 0.5) is 0 Å². The van der Waals surface area contributed by atoms with Gasteiger partial charge in [0.15, 0.2) is 0 Å². The van der Waals surface area contributed by atoms with E-state index in [0.717, 1.165) is 51.2 Å². The Morgan fingerprint density at radius 1 is 1.42 bits per heavy atom. The minimum absolute atomic E-state index is 0.0426. The van der Waals surface area contributed by atoms with Gasteiger partial charge in [-0.1, -0.05) is 32.4 Å². The molecule has 2 rings (SSSR count). The molecule has 136 valence electrons. The molecule has 0 heterocycles. The molecule has 0 unspecified atom stereocenters. The zero-order valence-corrected chi connectivity index (χ0v) is 15.9. The van der Waals surface area contributed by atoms with Gasteiger partial charge in [-0.15, -0.1) is 0 Å². The molecular weight excluding hydrogens is 300 g/mol. The molecule has 0 N–H and O–H groups in total. The van der Waals surface area contributed by atoms with Crippen LogP contribution < -0.4 is 0 Å². The number of allylic oxidation sites excluding steroid dienone is 1. The fraction of sp³-hybridized carbons (Fsp3) is 0.810. The van der Waals surface area contributed by atoms with Crippen LogP contribution in [0.2, 0.25) is 0 Å². The van der Waals surface area contributed by atoms with Crippen LogP contribution in [-0.4, -0.2) is 19.4 Å². The molecule has 0 amide bonds. The van der Waals surface area contributed by atoms with E-state index in [1.807, 2.05) is 0 Å². The molecule has 2 aliphatic carbocycles. The maximum Gasteiger partial charge on any atom is 0.311 e. The Balaban J connectivity index is 2.24. The second-order valence-electron chi connectivity index (χ2n) is 8.66. The Morgan fingerprint density at radius 2 is 2.12 bits per heavy atom. The molecule has 2 aliphatic rings. The number of esters is 1. The van der Waals surface area contributed by atoms with E-state index < -0.39 is 0 Å². The largest absolute Gasteiger partial charge is 0.469 e. The number of carbonyl (C=O) groups excluding carboxylic acids is 2. The smallest absolute Gasteiger partial charge is 0.311 e. The predicted molar refractivity (Wildman–Crippen MR) is 96.5 cm³/mol. The van der Waals surface area contributed by atoms with Gasteiger partial charge in [-0.2, -0.15) is 0 Å². The van der Waals surface area contributed by atoms with Crippen molar-refractivity contribution in [2.24, 2.45) is 28.6 Å². The Kier molecular flexibility index (Phi) is 5.93. The van der Waals surface area contributed by atoms with Crippen molar-refractivity contribution in [1.29, 1.82) is 0 Å². The Bertz CT molecular complexity index is 497. The highest BCUT2D eigenvalue weighted by atomic mass is 16.5. The summed E-state index contributed by atoms with van der Waals surface area (Å²) >= 11 is 0. The minimum Gasteiger partial charge on any atom is -0.469 e. The standard InChI is InChI=1S/C21H34O3/c1-15(11-14-22)7-9-17-16(2)8-10-18-20(17,3)12-6-13-21(18,4)19(23)24-5/h14-15,17-18H,2,6-13H2,1,3-5H3/t15-,17-,18+,20+,21+/m0/s1. The van der Waals surface area contributed by atoms with Crippen LogP contribution in [0.1, 0.15) is 72.1 Å². The van der Waals surface area contributed by atoms with Crippen LogP contribution in [0.5, 0.6) is 0 Å². The molecule has 0 radical (unpaired) electrons. The summed E-state index contributed by atoms with van der Waals surface area (Å²) in [5.74, 6) is 1.20. The first-order valence-electron chi connectivity index (χ1n) is 9.49. The van der Waals surface area contributed by atoms with Gasteiger partial charge in [0, 0.05) is 6.42 Å². The molecule has 0 aliphatic heterocycles. The quantitative estimate of drug-likeness (QED) is 0.392. The SMILES string of the molecule is C=C1CC[C@@H]2[C@](C)(CCC[C@@]2(C)C(=O)OC)[C@H]1CC[C@H](C)CC=O. The number of rotatable bonds is 6. The molecular formula is C21H34O3. The summed E-state index contributed by atoms with van der Waals surface area (Å²) in [6.45, 7) is 11.0. The lowest BCUT2D eigenvalue weighted by molar-refractivity contribution is -0.168. The number of hydrogen-bond donors (Lipinski definition) is 0. The molecule has 24 heavy (non-hydrogen) atoms. The van der Waals surface area contributed by atoms with E-state index in [9.17, 15) is 9.59 Å². The lowest BCUT2D eigenvalue weighted by atomic mass is 9.46. The summed E-state index contributed by atoms with van der Waals surface area (Å²) in [6, 6.07) is 0. The lowest BCUT2D eigenvalue weighted by Gasteiger charge is -2.57. The van der Waals surface area contributed by atoms with Crippen molar-refractivity contribution in [2.45, 2.75) is 72.1 Å². The first kappa shape index (κ1) is 19.2. The van der Waals surface area contributed by atoms with E-state index in [4.69, 9.17) is 4.74 Å². The number of ether oxygens (including phenoxy) is 1.